The summed E-state index contributed by atoms with van der Waals surface area (Å²) in [5.41, 5.74) is 5.04. The summed E-state index contributed by atoms with van der Waals surface area (Å²) in [5, 5.41) is 0. The maximum absolute atomic E-state index is 12.3. The molecule has 0 unspecified atom stereocenters. The number of pyridine rings is 1. The summed E-state index contributed by atoms with van der Waals surface area (Å²) >= 11 is 0. The fraction of sp³-hybridized carbons (Fsp3) is 0.444. The van der Waals surface area contributed by atoms with Gasteiger partial charge in [0.1, 0.15) is 0 Å². The highest BCUT2D eigenvalue weighted by Gasteiger charge is 2.30. The third-order valence-electron chi connectivity index (χ3n) is 1.97. The van der Waals surface area contributed by atoms with Crippen LogP contribution >= 0.6 is 0 Å². The summed E-state index contributed by atoms with van der Waals surface area (Å²) in [7, 11) is 0. The molecule has 0 aromatic carbocycles. The van der Waals surface area contributed by atoms with Crippen molar-refractivity contribution in [2.75, 3.05) is 6.54 Å². The van der Waals surface area contributed by atoms with Crippen molar-refractivity contribution in [1.29, 1.82) is 0 Å². The number of halogens is 3. The highest BCUT2D eigenvalue weighted by atomic mass is 19.4. The van der Waals surface area contributed by atoms with E-state index in [1.807, 2.05) is 0 Å². The minimum atomic E-state index is -4.31. The van der Waals surface area contributed by atoms with Crippen molar-refractivity contribution < 1.29 is 13.2 Å². The Labute approximate surface area is 79.9 Å². The molecule has 0 saturated heterocycles. The van der Waals surface area contributed by atoms with E-state index < -0.39 is 11.7 Å². The molecule has 1 heterocycles. The van der Waals surface area contributed by atoms with Crippen LogP contribution in [-0.2, 0) is 6.18 Å². The molecule has 14 heavy (non-hydrogen) atoms. The van der Waals surface area contributed by atoms with Gasteiger partial charge in [-0.15, -0.1) is 0 Å². The molecule has 0 aliphatic rings. The van der Waals surface area contributed by atoms with Crippen LogP contribution in [-0.4, -0.2) is 11.5 Å². The molecule has 0 aliphatic carbocycles. The van der Waals surface area contributed by atoms with Crippen LogP contribution in [0.25, 0.3) is 0 Å². The Morgan fingerprint density at radius 1 is 1.50 bits per heavy atom. The smallest absolute Gasteiger partial charge is 0.330 e. The van der Waals surface area contributed by atoms with Gasteiger partial charge in [0.2, 0.25) is 0 Å². The van der Waals surface area contributed by atoms with Crippen molar-refractivity contribution >= 4 is 0 Å². The zero-order valence-electron chi connectivity index (χ0n) is 7.67. The van der Waals surface area contributed by atoms with Gasteiger partial charge in [-0.3, -0.25) is 4.98 Å². The number of rotatable bonds is 2. The zero-order chi connectivity index (χ0) is 10.8. The van der Waals surface area contributed by atoms with Gasteiger partial charge in [-0.2, -0.15) is 13.2 Å². The summed E-state index contributed by atoms with van der Waals surface area (Å²) < 4.78 is 36.8. The van der Waals surface area contributed by atoms with Crippen molar-refractivity contribution in [1.82, 2.24) is 4.98 Å². The lowest BCUT2D eigenvalue weighted by Gasteiger charge is -2.11. The zero-order valence-corrected chi connectivity index (χ0v) is 7.67. The van der Waals surface area contributed by atoms with Crippen molar-refractivity contribution in [3.8, 4) is 0 Å². The normalized spacial score (nSPS) is 14.1. The van der Waals surface area contributed by atoms with Gasteiger partial charge in [0.25, 0.3) is 0 Å². The van der Waals surface area contributed by atoms with E-state index in [4.69, 9.17) is 5.73 Å². The van der Waals surface area contributed by atoms with E-state index in [-0.39, 0.29) is 12.5 Å². The quantitative estimate of drug-likeness (QED) is 0.801. The SMILES string of the molecule is C[C@H](CN)c1cc(C(F)(F)F)ccn1. The van der Waals surface area contributed by atoms with Crippen LogP contribution in [0, 0.1) is 0 Å². The Balaban J connectivity index is 3.01. The van der Waals surface area contributed by atoms with Gasteiger partial charge in [-0.25, -0.2) is 0 Å². The largest absolute Gasteiger partial charge is 0.416 e. The third-order valence-corrected chi connectivity index (χ3v) is 1.97. The van der Waals surface area contributed by atoms with Gasteiger partial charge in [-0.1, -0.05) is 6.92 Å². The molecule has 1 rings (SSSR count). The molecule has 1 atom stereocenters. The lowest BCUT2D eigenvalue weighted by Crippen LogP contribution is -2.12. The molecule has 0 saturated carbocycles. The first-order chi connectivity index (χ1) is 6.45. The first-order valence-corrected chi connectivity index (χ1v) is 4.18. The maximum Gasteiger partial charge on any atom is 0.416 e. The summed E-state index contributed by atoms with van der Waals surface area (Å²) in [6.45, 7) is 2.02. The first kappa shape index (κ1) is 11.0. The highest BCUT2D eigenvalue weighted by molar-refractivity contribution is 5.21. The minimum Gasteiger partial charge on any atom is -0.330 e. The van der Waals surface area contributed by atoms with Gasteiger partial charge in [0.05, 0.1) is 5.56 Å². The van der Waals surface area contributed by atoms with Crippen LogP contribution in [0.2, 0.25) is 0 Å². The Kier molecular flexibility index (Phi) is 3.10. The molecular formula is C9H11F3N2. The fourth-order valence-electron chi connectivity index (χ4n) is 1.01. The van der Waals surface area contributed by atoms with E-state index in [2.05, 4.69) is 4.98 Å². The van der Waals surface area contributed by atoms with Gasteiger partial charge in [-0.05, 0) is 12.1 Å². The molecule has 0 aliphatic heterocycles. The van der Waals surface area contributed by atoms with Crippen molar-refractivity contribution in [2.24, 2.45) is 5.73 Å². The van der Waals surface area contributed by atoms with E-state index >= 15 is 0 Å². The topological polar surface area (TPSA) is 38.9 Å². The number of hydrogen-bond acceptors (Lipinski definition) is 2. The lowest BCUT2D eigenvalue weighted by atomic mass is 10.1. The standard InChI is InChI=1S/C9H11F3N2/c1-6(5-13)8-4-7(2-3-14-8)9(10,11)12/h2-4,6H,5,13H2,1H3/t6-/m1/s1. The molecular weight excluding hydrogens is 193 g/mol. The van der Waals surface area contributed by atoms with Gasteiger partial charge in [0, 0.05) is 24.4 Å². The number of nitrogens with zero attached hydrogens (tertiary/aromatic N) is 1. The number of hydrogen-bond donors (Lipinski definition) is 1. The summed E-state index contributed by atoms with van der Waals surface area (Å²) in [5.74, 6) is -0.155. The number of aromatic nitrogens is 1. The molecule has 2 N–H and O–H groups in total. The molecule has 0 amide bonds. The van der Waals surface area contributed by atoms with Crippen molar-refractivity contribution in [3.63, 3.8) is 0 Å². The van der Waals surface area contributed by atoms with Crippen LogP contribution in [0.15, 0.2) is 18.3 Å². The van der Waals surface area contributed by atoms with E-state index in [0.29, 0.717) is 5.69 Å². The monoisotopic (exact) mass is 204 g/mol. The van der Waals surface area contributed by atoms with Crippen LogP contribution in [0.1, 0.15) is 24.1 Å². The Morgan fingerprint density at radius 2 is 2.14 bits per heavy atom. The molecule has 5 heteroatoms. The van der Waals surface area contributed by atoms with Gasteiger partial charge < -0.3 is 5.73 Å². The third kappa shape index (κ3) is 2.45. The Hall–Kier alpha value is -1.10. The maximum atomic E-state index is 12.3. The molecule has 2 nitrogen and oxygen atoms in total. The second-order valence-corrected chi connectivity index (χ2v) is 3.10. The van der Waals surface area contributed by atoms with Crippen molar-refractivity contribution in [3.05, 3.63) is 29.6 Å². The minimum absolute atomic E-state index is 0.155. The summed E-state index contributed by atoms with van der Waals surface area (Å²) in [6, 6.07) is 1.99. The van der Waals surface area contributed by atoms with E-state index in [0.717, 1.165) is 18.3 Å². The predicted molar refractivity (Wildman–Crippen MR) is 46.7 cm³/mol. The van der Waals surface area contributed by atoms with E-state index in [9.17, 15) is 13.2 Å². The number of alkyl halides is 3. The van der Waals surface area contributed by atoms with Gasteiger partial charge in [0.15, 0.2) is 0 Å². The molecule has 0 fully saturated rings. The molecule has 78 valence electrons. The predicted octanol–water partition coefficient (Wildman–Crippen LogP) is 2.16. The van der Waals surface area contributed by atoms with E-state index in [1.165, 1.54) is 0 Å². The van der Waals surface area contributed by atoms with Crippen LogP contribution < -0.4 is 5.73 Å². The van der Waals surface area contributed by atoms with Crippen molar-refractivity contribution in [2.45, 2.75) is 19.0 Å². The summed E-state index contributed by atoms with van der Waals surface area (Å²) in [4.78, 5) is 3.84. The second kappa shape index (κ2) is 3.96. The molecule has 0 bridgehead atoms. The Morgan fingerprint density at radius 3 is 2.64 bits per heavy atom. The van der Waals surface area contributed by atoms with Crippen LogP contribution in [0.5, 0.6) is 0 Å². The second-order valence-electron chi connectivity index (χ2n) is 3.10. The lowest BCUT2D eigenvalue weighted by molar-refractivity contribution is -0.137. The average Bonchev–Trinajstić information content (AvgIpc) is 2.15. The average molecular weight is 204 g/mol. The Bertz CT molecular complexity index is 309. The molecule has 0 radical (unpaired) electrons. The molecule has 1 aromatic rings. The number of nitrogens with two attached hydrogens (primary N) is 1. The summed E-state index contributed by atoms with van der Waals surface area (Å²) in [6.07, 6.45) is -3.16. The molecule has 1 aromatic heterocycles. The first-order valence-electron chi connectivity index (χ1n) is 4.18. The molecule has 0 spiro atoms. The van der Waals surface area contributed by atoms with Crippen LogP contribution in [0.3, 0.4) is 0 Å². The van der Waals surface area contributed by atoms with Gasteiger partial charge >= 0.3 is 6.18 Å². The highest BCUT2D eigenvalue weighted by Crippen LogP contribution is 2.29. The van der Waals surface area contributed by atoms with E-state index in [1.54, 1.807) is 6.92 Å². The van der Waals surface area contributed by atoms with Crippen LogP contribution in [0.4, 0.5) is 13.2 Å². The fourth-order valence-corrected chi connectivity index (χ4v) is 1.01.